The van der Waals surface area contributed by atoms with Crippen LogP contribution in [0, 0.1) is 5.92 Å². The van der Waals surface area contributed by atoms with Gasteiger partial charge in [-0.3, -0.25) is 19.4 Å². The van der Waals surface area contributed by atoms with Crippen LogP contribution >= 0.6 is 0 Å². The lowest BCUT2D eigenvalue weighted by molar-refractivity contribution is -0.137. The molecule has 2 heterocycles. The molecule has 2 N–H and O–H groups in total. The van der Waals surface area contributed by atoms with E-state index in [4.69, 9.17) is 4.74 Å². The zero-order valence-corrected chi connectivity index (χ0v) is 18.2. The number of hydrogen-bond acceptors (Lipinski definition) is 5. The number of benzene rings is 1. The monoisotopic (exact) mass is 428 g/mol. The molecule has 168 valence electrons. The highest BCUT2D eigenvalue weighted by Crippen LogP contribution is 2.38. The summed E-state index contributed by atoms with van der Waals surface area (Å²) < 4.78 is 5.41. The Kier molecular flexibility index (Phi) is 6.57. The van der Waals surface area contributed by atoms with Gasteiger partial charge in [0.25, 0.3) is 5.91 Å². The van der Waals surface area contributed by atoms with Gasteiger partial charge in [-0.2, -0.15) is 0 Å². The molecule has 2 aliphatic heterocycles. The molecule has 3 aliphatic rings. The first-order valence-electron chi connectivity index (χ1n) is 11.3. The Morgan fingerprint density at radius 3 is 2.68 bits per heavy atom. The van der Waals surface area contributed by atoms with E-state index in [1.54, 1.807) is 0 Å². The molecular weight excluding hydrogens is 396 g/mol. The molecule has 8 nitrogen and oxygen atoms in total. The van der Waals surface area contributed by atoms with Crippen LogP contribution < -0.4 is 10.6 Å². The lowest BCUT2D eigenvalue weighted by Crippen LogP contribution is -2.54. The molecular formula is C23H32N4O4. The van der Waals surface area contributed by atoms with Crippen molar-refractivity contribution in [3.05, 3.63) is 35.4 Å². The molecule has 8 heteroatoms. The van der Waals surface area contributed by atoms with Crippen LogP contribution in [0.25, 0.3) is 0 Å². The average Bonchev–Trinajstić information content (AvgIpc) is 3.01. The number of ether oxygens (including phenoxy) is 1. The third kappa shape index (κ3) is 4.60. The molecule has 0 bridgehead atoms. The third-order valence-corrected chi connectivity index (χ3v) is 6.90. The second-order valence-corrected chi connectivity index (χ2v) is 8.87. The summed E-state index contributed by atoms with van der Waals surface area (Å²) in [4.78, 5) is 41.5. The van der Waals surface area contributed by atoms with Gasteiger partial charge in [-0.05, 0) is 29.9 Å². The van der Waals surface area contributed by atoms with Crippen molar-refractivity contribution in [1.29, 1.82) is 0 Å². The molecule has 0 aromatic heterocycles. The number of hydrogen-bond donors (Lipinski definition) is 2. The smallest absolute Gasteiger partial charge is 0.325 e. The molecule has 1 spiro atoms. The summed E-state index contributed by atoms with van der Waals surface area (Å²) in [5.41, 5.74) is 1.37. The molecule has 1 aliphatic carbocycles. The Morgan fingerprint density at radius 1 is 1.19 bits per heavy atom. The molecule has 1 saturated carbocycles. The van der Waals surface area contributed by atoms with Crippen molar-refractivity contribution in [2.45, 2.75) is 51.2 Å². The Hall–Kier alpha value is -2.45. The highest BCUT2D eigenvalue weighted by molar-refractivity contribution is 6.09. The Morgan fingerprint density at radius 2 is 1.94 bits per heavy atom. The fraction of sp³-hybridized carbons (Fsp3) is 0.609. The van der Waals surface area contributed by atoms with Crippen LogP contribution in [0.15, 0.2) is 24.3 Å². The van der Waals surface area contributed by atoms with Crippen molar-refractivity contribution >= 4 is 17.8 Å². The topological polar surface area (TPSA) is 91.0 Å². The van der Waals surface area contributed by atoms with Gasteiger partial charge in [0.1, 0.15) is 12.1 Å². The van der Waals surface area contributed by atoms with Gasteiger partial charge in [0.05, 0.1) is 13.2 Å². The van der Waals surface area contributed by atoms with Gasteiger partial charge in [-0.1, -0.05) is 44.0 Å². The number of rotatable bonds is 6. The van der Waals surface area contributed by atoms with Crippen molar-refractivity contribution < 1.29 is 19.1 Å². The predicted octanol–water partition coefficient (Wildman–Crippen LogP) is 1.64. The quantitative estimate of drug-likeness (QED) is 0.672. The van der Waals surface area contributed by atoms with E-state index >= 15 is 0 Å². The van der Waals surface area contributed by atoms with Gasteiger partial charge in [0, 0.05) is 26.2 Å². The molecule has 4 amide bonds. The summed E-state index contributed by atoms with van der Waals surface area (Å²) in [5, 5.41) is 5.79. The number of carbonyl (C=O) groups is 3. The number of carbonyl (C=O) groups excluding carboxylic acids is 3. The highest BCUT2D eigenvalue weighted by atomic mass is 16.5. The van der Waals surface area contributed by atoms with E-state index in [0.29, 0.717) is 13.0 Å². The molecule has 0 unspecified atom stereocenters. The third-order valence-electron chi connectivity index (χ3n) is 6.90. The fourth-order valence-electron chi connectivity index (χ4n) is 4.92. The van der Waals surface area contributed by atoms with E-state index in [1.165, 1.54) is 0 Å². The van der Waals surface area contributed by atoms with Crippen molar-refractivity contribution in [2.24, 2.45) is 5.92 Å². The number of amides is 4. The van der Waals surface area contributed by atoms with Gasteiger partial charge < -0.3 is 15.4 Å². The van der Waals surface area contributed by atoms with Gasteiger partial charge >= 0.3 is 6.03 Å². The SMILES string of the molecule is C[C@@H]1CCCC[C@]12NC(=O)N(CC(=O)NCc1ccccc1CN1CCOCC1)C2=O. The zero-order valence-electron chi connectivity index (χ0n) is 18.2. The minimum Gasteiger partial charge on any atom is -0.379 e. The summed E-state index contributed by atoms with van der Waals surface area (Å²) in [7, 11) is 0. The van der Waals surface area contributed by atoms with E-state index in [-0.39, 0.29) is 24.3 Å². The van der Waals surface area contributed by atoms with Gasteiger partial charge in [0.15, 0.2) is 0 Å². The number of morpholine rings is 1. The maximum absolute atomic E-state index is 13.0. The van der Waals surface area contributed by atoms with Crippen LogP contribution in [0.4, 0.5) is 4.79 Å². The van der Waals surface area contributed by atoms with E-state index in [1.807, 2.05) is 25.1 Å². The van der Waals surface area contributed by atoms with Crippen LogP contribution in [-0.2, 0) is 27.4 Å². The van der Waals surface area contributed by atoms with Crippen molar-refractivity contribution in [1.82, 2.24) is 20.4 Å². The van der Waals surface area contributed by atoms with E-state index in [0.717, 1.165) is 68.1 Å². The normalized spacial score (nSPS) is 26.9. The number of nitrogens with zero attached hydrogens (tertiary/aromatic N) is 2. The maximum Gasteiger partial charge on any atom is 0.325 e. The predicted molar refractivity (Wildman–Crippen MR) is 115 cm³/mol. The molecule has 4 rings (SSSR count). The first-order chi connectivity index (χ1) is 15.0. The molecule has 1 aromatic carbocycles. The standard InChI is InChI=1S/C23H32N4O4/c1-17-6-4-5-9-23(17)21(29)27(22(30)25-23)16-20(28)24-14-18-7-2-3-8-19(18)15-26-10-12-31-13-11-26/h2-3,7-8,17H,4-6,9-16H2,1H3,(H,24,28)(H,25,30)/t17-,23+/m1/s1. The van der Waals surface area contributed by atoms with E-state index < -0.39 is 11.6 Å². The summed E-state index contributed by atoms with van der Waals surface area (Å²) in [6.45, 7) is 6.21. The lowest BCUT2D eigenvalue weighted by Gasteiger charge is -2.36. The van der Waals surface area contributed by atoms with Crippen LogP contribution in [0.3, 0.4) is 0 Å². The van der Waals surface area contributed by atoms with Gasteiger partial charge in [0.2, 0.25) is 5.91 Å². The average molecular weight is 429 g/mol. The first-order valence-corrected chi connectivity index (χ1v) is 11.3. The minimum absolute atomic E-state index is 0.0813. The number of nitrogens with one attached hydrogen (secondary N) is 2. The fourth-order valence-corrected chi connectivity index (χ4v) is 4.92. The molecule has 3 fully saturated rings. The van der Waals surface area contributed by atoms with Crippen LogP contribution in [0.2, 0.25) is 0 Å². The molecule has 0 radical (unpaired) electrons. The maximum atomic E-state index is 13.0. The van der Waals surface area contributed by atoms with Crippen molar-refractivity contribution in [2.75, 3.05) is 32.8 Å². The number of imide groups is 1. The summed E-state index contributed by atoms with van der Waals surface area (Å²) in [6, 6.07) is 7.57. The second-order valence-electron chi connectivity index (χ2n) is 8.87. The van der Waals surface area contributed by atoms with Crippen LogP contribution in [0.5, 0.6) is 0 Å². The second kappa shape index (κ2) is 9.36. The summed E-state index contributed by atoms with van der Waals surface area (Å²) in [5.74, 6) is -0.504. The van der Waals surface area contributed by atoms with Crippen LogP contribution in [-0.4, -0.2) is 66.0 Å². The molecule has 2 atom stereocenters. The number of urea groups is 1. The van der Waals surface area contributed by atoms with Gasteiger partial charge in [-0.25, -0.2) is 4.79 Å². The Balaban J connectivity index is 1.34. The first kappa shape index (κ1) is 21.8. The van der Waals surface area contributed by atoms with Crippen LogP contribution in [0.1, 0.15) is 43.7 Å². The van der Waals surface area contributed by atoms with Gasteiger partial charge in [-0.15, -0.1) is 0 Å². The summed E-state index contributed by atoms with van der Waals surface area (Å²) in [6.07, 6.45) is 3.53. The molecule has 31 heavy (non-hydrogen) atoms. The largest absolute Gasteiger partial charge is 0.379 e. The lowest BCUT2D eigenvalue weighted by atomic mass is 9.73. The summed E-state index contributed by atoms with van der Waals surface area (Å²) >= 11 is 0. The Bertz CT molecular complexity index is 839. The minimum atomic E-state index is -0.833. The van der Waals surface area contributed by atoms with Crippen molar-refractivity contribution in [3.8, 4) is 0 Å². The Labute approximate surface area is 183 Å². The molecule has 2 saturated heterocycles. The van der Waals surface area contributed by atoms with E-state index in [9.17, 15) is 14.4 Å². The van der Waals surface area contributed by atoms with E-state index in [2.05, 4.69) is 21.6 Å². The molecule has 1 aromatic rings. The van der Waals surface area contributed by atoms with Crippen molar-refractivity contribution in [3.63, 3.8) is 0 Å². The highest BCUT2D eigenvalue weighted by Gasteiger charge is 2.55. The zero-order chi connectivity index (χ0) is 21.8.